The van der Waals surface area contributed by atoms with Crippen LogP contribution in [0.5, 0.6) is 0 Å². The Morgan fingerprint density at radius 3 is 2.16 bits per heavy atom. The second kappa shape index (κ2) is 16.6. The molecule has 3 aromatic carbocycles. The average molecular weight is 862 g/mol. The van der Waals surface area contributed by atoms with E-state index in [0.717, 1.165) is 6.92 Å². The van der Waals surface area contributed by atoms with Crippen molar-refractivity contribution in [1.29, 1.82) is 0 Å². The van der Waals surface area contributed by atoms with Gasteiger partial charge in [-0.25, -0.2) is 9.59 Å². The summed E-state index contributed by atoms with van der Waals surface area (Å²) in [6, 6.07) is 22.0. The van der Waals surface area contributed by atoms with Crippen LogP contribution in [0, 0.1) is 16.7 Å². The largest absolute Gasteiger partial charge is 0.457 e. The van der Waals surface area contributed by atoms with Crippen molar-refractivity contribution in [3.05, 3.63) is 130 Å². The summed E-state index contributed by atoms with van der Waals surface area (Å²) in [5.74, 6) is -6.10. The van der Waals surface area contributed by atoms with Gasteiger partial charge in [0.25, 0.3) is 5.91 Å². The molecule has 3 bridgehead atoms. The number of rotatable bonds is 6. The Bertz CT molecular complexity index is 2400. The van der Waals surface area contributed by atoms with Gasteiger partial charge in [0, 0.05) is 31.7 Å². The molecule has 2 saturated carbocycles. The first kappa shape index (κ1) is 43.7. The molecule has 1 amide bonds. The maximum Gasteiger partial charge on any atom is 0.338 e. The van der Waals surface area contributed by atoms with Gasteiger partial charge in [0.1, 0.15) is 18.3 Å². The van der Waals surface area contributed by atoms with Crippen molar-refractivity contribution in [1.82, 2.24) is 5.32 Å². The number of esters is 4. The van der Waals surface area contributed by atoms with Crippen LogP contribution >= 0.6 is 0 Å². The van der Waals surface area contributed by atoms with Crippen LogP contribution in [0.3, 0.4) is 0 Å². The monoisotopic (exact) mass is 861 g/mol. The number of carbonyl (C=O) groups is 6. The topological polar surface area (TPSA) is 201 Å². The molecule has 5 aliphatic rings. The van der Waals surface area contributed by atoms with E-state index in [1.165, 1.54) is 6.92 Å². The van der Waals surface area contributed by atoms with Crippen LogP contribution in [0.2, 0.25) is 0 Å². The molecule has 0 radical (unpaired) electrons. The van der Waals surface area contributed by atoms with Crippen LogP contribution in [-0.2, 0) is 49.3 Å². The van der Waals surface area contributed by atoms with Crippen molar-refractivity contribution in [2.45, 2.75) is 108 Å². The number of carbonyl (C=O) groups excluding carboxylic acids is 6. The molecular formula is C49H51NO13. The summed E-state index contributed by atoms with van der Waals surface area (Å²) in [7, 11) is 0. The van der Waals surface area contributed by atoms with Crippen LogP contribution in [0.25, 0.3) is 0 Å². The Labute approximate surface area is 364 Å². The SMILES string of the molecule is C=C(C)[C@@]12C[C@@H]3OC(=O)[C@H](O)[C@@H](NC(=O)c4ccccc4)c4ccccc4CCCC(=O)O[C@@]45CO[C@@H]4C[C@H](O)[C@@](C)(C(=O)[C@H](OC(C)=O)C1=C3C)[C@@H]5[C@@H]2OC(=O)c1ccccc1. The zero-order chi connectivity index (χ0) is 45.0. The minimum absolute atomic E-state index is 0.120. The Morgan fingerprint density at radius 1 is 0.873 bits per heavy atom. The fourth-order valence-corrected chi connectivity index (χ4v) is 10.8. The molecule has 63 heavy (non-hydrogen) atoms. The van der Waals surface area contributed by atoms with Crippen molar-refractivity contribution in [2.75, 3.05) is 6.61 Å². The smallest absolute Gasteiger partial charge is 0.338 e. The highest BCUT2D eigenvalue weighted by Gasteiger charge is 2.78. The van der Waals surface area contributed by atoms with Crippen LogP contribution in [0.15, 0.2) is 108 Å². The van der Waals surface area contributed by atoms with Crippen molar-refractivity contribution >= 4 is 35.6 Å². The lowest BCUT2D eigenvalue weighted by Crippen LogP contribution is -2.78. The Kier molecular flexibility index (Phi) is 11.5. The van der Waals surface area contributed by atoms with Crippen LogP contribution in [0.1, 0.15) is 91.3 Å². The molecule has 2 aliphatic heterocycles. The van der Waals surface area contributed by atoms with Crippen LogP contribution < -0.4 is 5.32 Å². The second-order valence-electron chi connectivity index (χ2n) is 17.6. The molecule has 11 atom stereocenters. The maximum absolute atomic E-state index is 15.5. The molecule has 330 valence electrons. The van der Waals surface area contributed by atoms with E-state index in [4.69, 9.17) is 23.7 Å². The number of Topliss-reactive ketones (excluding diaryl/α,β-unsaturated/α-hetero) is 1. The number of aliphatic hydroxyl groups excluding tert-OH is 2. The summed E-state index contributed by atoms with van der Waals surface area (Å²) >= 11 is 0. The molecule has 3 fully saturated rings. The van der Waals surface area contributed by atoms with E-state index in [9.17, 15) is 34.2 Å². The van der Waals surface area contributed by atoms with Gasteiger partial charge in [-0.2, -0.15) is 0 Å². The van der Waals surface area contributed by atoms with E-state index in [1.807, 2.05) is 0 Å². The predicted molar refractivity (Wildman–Crippen MR) is 223 cm³/mol. The van der Waals surface area contributed by atoms with Gasteiger partial charge in [-0.3, -0.25) is 19.2 Å². The number of ether oxygens (including phenoxy) is 5. The first-order chi connectivity index (χ1) is 30.0. The number of hydrogen-bond acceptors (Lipinski definition) is 13. The highest BCUT2D eigenvalue weighted by atomic mass is 16.6. The summed E-state index contributed by atoms with van der Waals surface area (Å²) in [6.07, 6.45) is -8.95. The lowest BCUT2D eigenvalue weighted by Gasteiger charge is -2.63. The lowest BCUT2D eigenvalue weighted by atomic mass is 9.50. The molecule has 8 rings (SSSR count). The normalized spacial score (nSPS) is 33.8. The van der Waals surface area contributed by atoms with E-state index in [1.54, 1.807) is 98.8 Å². The summed E-state index contributed by atoms with van der Waals surface area (Å²) in [5.41, 5.74) is -3.10. The van der Waals surface area contributed by atoms with Gasteiger partial charge in [-0.05, 0) is 80.2 Å². The number of benzene rings is 3. The summed E-state index contributed by atoms with van der Waals surface area (Å²) in [5, 5.41) is 27.1. The second-order valence-corrected chi connectivity index (χ2v) is 17.6. The van der Waals surface area contributed by atoms with E-state index in [2.05, 4.69) is 11.9 Å². The minimum atomic E-state index is -1.99. The third-order valence-corrected chi connectivity index (χ3v) is 14.0. The zero-order valence-corrected chi connectivity index (χ0v) is 35.5. The summed E-state index contributed by atoms with van der Waals surface area (Å²) in [6.45, 7) is 10.0. The Hall–Kier alpha value is -5.96. The molecule has 14 nitrogen and oxygen atoms in total. The first-order valence-electron chi connectivity index (χ1n) is 21.2. The zero-order valence-electron chi connectivity index (χ0n) is 35.5. The standard InChI is InChI=1S/C49H51NO13/c1-26(2)48-24-33-27(3)37(48)40(60-28(4)51)42(55)47(5)34(52)23-35-49(25-59-35,41(47)43(48)62-45(57)31-18-10-7-11-19-31)63-36(53)22-14-20-29-15-12-13-21-32(29)38(39(54)46(58)61-33)50-44(56)30-16-8-6-9-17-30/h6-13,15-19,21,33-35,38-41,43,52,54H,1,14,20,22-25H2,2-5H3,(H,50,56)/t33-,34-,35+,38-,39+,40+,41-,43-,47+,48-,49-/m0/s1. The minimum Gasteiger partial charge on any atom is -0.457 e. The predicted octanol–water partition coefficient (Wildman–Crippen LogP) is 4.86. The lowest BCUT2D eigenvalue weighted by molar-refractivity contribution is -0.333. The van der Waals surface area contributed by atoms with Crippen LogP contribution in [0.4, 0.5) is 0 Å². The van der Waals surface area contributed by atoms with Crippen LogP contribution in [-0.4, -0.2) is 94.6 Å². The average Bonchev–Trinajstić information content (AvgIpc) is 3.53. The fourth-order valence-electron chi connectivity index (χ4n) is 10.8. The Balaban J connectivity index is 1.34. The molecule has 0 aromatic heterocycles. The van der Waals surface area contributed by atoms with Gasteiger partial charge in [0.2, 0.25) is 0 Å². The molecule has 3 aliphatic carbocycles. The number of hydrogen-bond donors (Lipinski definition) is 3. The van der Waals surface area contributed by atoms with Gasteiger partial charge in [-0.1, -0.05) is 72.8 Å². The molecular weight excluding hydrogens is 811 g/mol. The molecule has 0 unspecified atom stereocenters. The maximum atomic E-state index is 15.5. The van der Waals surface area contributed by atoms with Gasteiger partial charge in [0.15, 0.2) is 23.6 Å². The van der Waals surface area contributed by atoms with E-state index in [0.29, 0.717) is 16.7 Å². The quantitative estimate of drug-likeness (QED) is 0.173. The number of fused-ring (bicyclic) bond motifs is 2. The van der Waals surface area contributed by atoms with Gasteiger partial charge in [0.05, 0.1) is 41.1 Å². The van der Waals surface area contributed by atoms with Gasteiger partial charge >= 0.3 is 23.9 Å². The van der Waals surface area contributed by atoms with Gasteiger partial charge in [-0.15, -0.1) is 0 Å². The van der Waals surface area contributed by atoms with Crippen molar-refractivity contribution < 1.29 is 62.7 Å². The summed E-state index contributed by atoms with van der Waals surface area (Å²) < 4.78 is 31.5. The number of amides is 1. The van der Waals surface area contributed by atoms with Crippen molar-refractivity contribution in [2.24, 2.45) is 16.7 Å². The summed E-state index contributed by atoms with van der Waals surface area (Å²) in [4.78, 5) is 85.7. The molecule has 3 aromatic rings. The van der Waals surface area contributed by atoms with E-state index in [-0.39, 0.29) is 61.0 Å². The highest BCUT2D eigenvalue weighted by molar-refractivity contribution is 5.97. The first-order valence-corrected chi connectivity index (χ1v) is 21.2. The molecule has 3 N–H and O–H groups in total. The number of aliphatic hydroxyl groups is 2. The van der Waals surface area contributed by atoms with Crippen molar-refractivity contribution in [3.63, 3.8) is 0 Å². The molecule has 1 saturated heterocycles. The third kappa shape index (κ3) is 7.17. The molecule has 1 spiro atoms. The molecule has 2 heterocycles. The Morgan fingerprint density at radius 2 is 1.52 bits per heavy atom. The van der Waals surface area contributed by atoms with Crippen molar-refractivity contribution in [3.8, 4) is 0 Å². The number of nitrogens with one attached hydrogen (secondary N) is 1. The highest BCUT2D eigenvalue weighted by Crippen LogP contribution is 2.66. The third-order valence-electron chi connectivity index (χ3n) is 14.0. The molecule has 14 heteroatoms. The van der Waals surface area contributed by atoms with Gasteiger partial charge < -0.3 is 39.2 Å². The van der Waals surface area contributed by atoms with E-state index < -0.39 is 101 Å². The van der Waals surface area contributed by atoms with E-state index >= 15 is 4.79 Å². The fraction of sp³-hybridized carbons (Fsp3) is 0.429. The number of aryl methyl sites for hydroxylation is 1. The number of ketones is 1.